The van der Waals surface area contributed by atoms with Crippen LogP contribution in [0.1, 0.15) is 45.1 Å². The van der Waals surface area contributed by atoms with Crippen molar-refractivity contribution >= 4 is 30.4 Å². The number of hydrogen-bond donors (Lipinski definition) is 3. The molecule has 0 radical (unpaired) electrons. The number of aryl methyl sites for hydroxylation is 1. The van der Waals surface area contributed by atoms with Crippen molar-refractivity contribution in [3.05, 3.63) is 94.8 Å². The number of unbranched alkanes of at least 4 members (excludes halogenated alkanes) is 1. The molecule has 4 nitrogen and oxygen atoms in total. The summed E-state index contributed by atoms with van der Waals surface area (Å²) < 4.78 is 5.13. The summed E-state index contributed by atoms with van der Waals surface area (Å²) in [4.78, 5) is 12.8. The third kappa shape index (κ3) is 11.9. The van der Waals surface area contributed by atoms with E-state index in [9.17, 15) is 9.90 Å². The number of benzene rings is 1. The fourth-order valence-corrected chi connectivity index (χ4v) is 3.72. The van der Waals surface area contributed by atoms with Crippen LogP contribution in [-0.4, -0.2) is 29.8 Å². The van der Waals surface area contributed by atoms with Crippen LogP contribution in [0, 0.1) is 5.92 Å². The lowest BCUT2D eigenvalue weighted by Crippen LogP contribution is -2.40. The van der Waals surface area contributed by atoms with Gasteiger partial charge < -0.3 is 15.2 Å². The van der Waals surface area contributed by atoms with Crippen LogP contribution in [0.4, 0.5) is 0 Å². The van der Waals surface area contributed by atoms with Crippen LogP contribution in [0.15, 0.2) is 89.3 Å². The van der Waals surface area contributed by atoms with Gasteiger partial charge in [0.25, 0.3) is 0 Å². The third-order valence-corrected chi connectivity index (χ3v) is 6.46. The molecule has 186 valence electrons. The topological polar surface area (TPSA) is 58.6 Å². The van der Waals surface area contributed by atoms with Gasteiger partial charge in [0.05, 0.1) is 6.26 Å². The lowest BCUT2D eigenvalue weighted by atomic mass is 10.0. The minimum Gasteiger partial charge on any atom is -0.432 e. The van der Waals surface area contributed by atoms with Crippen LogP contribution < -0.4 is 5.32 Å². The summed E-state index contributed by atoms with van der Waals surface area (Å²) in [5, 5.41) is 15.9. The maximum atomic E-state index is 12.5. The summed E-state index contributed by atoms with van der Waals surface area (Å²) in [6.45, 7) is 12.9. The minimum absolute atomic E-state index is 0.0921. The van der Waals surface area contributed by atoms with Crippen molar-refractivity contribution in [1.29, 1.82) is 0 Å². The summed E-state index contributed by atoms with van der Waals surface area (Å²) in [7, 11) is 0. The average molecular weight is 502 g/mol. The van der Waals surface area contributed by atoms with Crippen molar-refractivity contribution in [2.24, 2.45) is 5.92 Å². The molecule has 0 aliphatic heterocycles. The highest BCUT2D eigenvalue weighted by Gasteiger charge is 2.43. The van der Waals surface area contributed by atoms with Crippen molar-refractivity contribution in [2.45, 2.75) is 51.6 Å². The number of nitrogens with one attached hydrogen (secondary N) is 1. The lowest BCUT2D eigenvalue weighted by Gasteiger charge is -2.26. The number of rotatable bonds is 14. The van der Waals surface area contributed by atoms with Gasteiger partial charge >= 0.3 is 5.97 Å². The molecule has 2 rings (SSSR count). The van der Waals surface area contributed by atoms with Crippen molar-refractivity contribution in [3.8, 4) is 0 Å². The molecule has 1 aromatic carbocycles. The molecular weight excluding hydrogens is 462 g/mol. The first kappa shape index (κ1) is 30.0. The number of esters is 1. The van der Waals surface area contributed by atoms with E-state index in [0.717, 1.165) is 43.5 Å². The normalized spacial score (nSPS) is 15.5. The van der Waals surface area contributed by atoms with E-state index in [-0.39, 0.29) is 9.81 Å². The molecule has 1 unspecified atom stereocenters. The fourth-order valence-electron chi connectivity index (χ4n) is 2.65. The average Bonchev–Trinajstić information content (AvgIpc) is 3.63. The molecule has 0 heterocycles. The van der Waals surface area contributed by atoms with Gasteiger partial charge in [0.15, 0.2) is 0 Å². The van der Waals surface area contributed by atoms with Crippen LogP contribution in [0.3, 0.4) is 0 Å². The Morgan fingerprint density at radius 3 is 2.59 bits per heavy atom. The molecule has 1 atom stereocenters. The summed E-state index contributed by atoms with van der Waals surface area (Å²) >= 11 is 5.37. The Morgan fingerprint density at radius 2 is 2.00 bits per heavy atom. The Morgan fingerprint density at radius 1 is 1.32 bits per heavy atom. The van der Waals surface area contributed by atoms with Crippen LogP contribution in [0.25, 0.3) is 0 Å². The van der Waals surface area contributed by atoms with E-state index >= 15 is 0 Å². The van der Waals surface area contributed by atoms with Crippen LogP contribution >= 0.6 is 24.4 Å². The number of aliphatic hydroxyl groups is 1. The highest BCUT2D eigenvalue weighted by molar-refractivity contribution is 8.06. The molecule has 6 heteroatoms. The molecule has 1 aliphatic rings. The molecular formula is C28H39NO3S2. The number of carbonyl (C=O) groups excluding carboxylic acids is 1. The van der Waals surface area contributed by atoms with E-state index in [4.69, 9.17) is 4.74 Å². The van der Waals surface area contributed by atoms with Crippen LogP contribution in [0.2, 0.25) is 0 Å². The number of thiol groups is 1. The van der Waals surface area contributed by atoms with E-state index in [1.807, 2.05) is 13.0 Å². The molecule has 2 N–H and O–H groups in total. The molecule has 1 aliphatic carbocycles. The molecule has 1 aromatic rings. The fraction of sp³-hybridized carbons (Fsp3) is 0.393. The van der Waals surface area contributed by atoms with Gasteiger partial charge in [-0.3, -0.25) is 0 Å². The van der Waals surface area contributed by atoms with E-state index in [2.05, 4.69) is 62.3 Å². The quantitative estimate of drug-likeness (QED) is 0.0883. The molecule has 0 saturated heterocycles. The first-order chi connectivity index (χ1) is 16.4. The van der Waals surface area contributed by atoms with Crippen molar-refractivity contribution in [3.63, 3.8) is 0 Å². The predicted molar refractivity (Wildman–Crippen MR) is 150 cm³/mol. The van der Waals surface area contributed by atoms with Crippen LogP contribution in [-0.2, 0) is 16.0 Å². The van der Waals surface area contributed by atoms with Gasteiger partial charge in [-0.2, -0.15) is 0 Å². The predicted octanol–water partition coefficient (Wildman–Crippen LogP) is 6.58. The minimum atomic E-state index is -2.06. The van der Waals surface area contributed by atoms with E-state index in [1.165, 1.54) is 36.8 Å². The van der Waals surface area contributed by atoms with Crippen LogP contribution in [0.5, 0.6) is 0 Å². The lowest BCUT2D eigenvalue weighted by molar-refractivity contribution is -0.150. The zero-order chi connectivity index (χ0) is 25.2. The zero-order valence-corrected chi connectivity index (χ0v) is 22.1. The highest BCUT2D eigenvalue weighted by atomic mass is 32.2. The highest BCUT2D eigenvalue weighted by Crippen LogP contribution is 2.36. The Labute approximate surface area is 215 Å². The van der Waals surface area contributed by atoms with E-state index in [0.29, 0.717) is 6.54 Å². The molecule has 0 aromatic heterocycles. The summed E-state index contributed by atoms with van der Waals surface area (Å²) in [6, 6.07) is 10.4. The third-order valence-electron chi connectivity index (χ3n) is 5.00. The molecule has 34 heavy (non-hydrogen) atoms. The number of ether oxygens (including phenoxy) is 1. The van der Waals surface area contributed by atoms with E-state index < -0.39 is 11.6 Å². The summed E-state index contributed by atoms with van der Waals surface area (Å²) in [5.41, 5.74) is -0.712. The molecule has 0 bridgehead atoms. The number of hydrogen-bond acceptors (Lipinski definition) is 6. The Bertz CT molecular complexity index is 844. The van der Waals surface area contributed by atoms with Gasteiger partial charge in [0, 0.05) is 16.4 Å². The smallest absolute Gasteiger partial charge is 0.353 e. The monoisotopic (exact) mass is 501 g/mol. The Kier molecular flexibility index (Phi) is 15.4. The second kappa shape index (κ2) is 17.4. The van der Waals surface area contributed by atoms with Gasteiger partial charge in [-0.1, -0.05) is 87.2 Å². The maximum absolute atomic E-state index is 12.5. The number of thioether (sulfide) groups is 1. The SMILES string of the molecule is C=C/C=C(\S)C(O)(C(=C)S/C=C\C)C(=O)O/C=C/CNCCCCc1ccccc1.CC1CC1. The molecule has 1 fully saturated rings. The largest absolute Gasteiger partial charge is 0.432 e. The summed E-state index contributed by atoms with van der Waals surface area (Å²) in [6.07, 6.45) is 13.8. The zero-order valence-electron chi connectivity index (χ0n) is 20.4. The van der Waals surface area contributed by atoms with E-state index in [1.54, 1.807) is 17.6 Å². The first-order valence-electron chi connectivity index (χ1n) is 11.7. The van der Waals surface area contributed by atoms with Crippen molar-refractivity contribution < 1.29 is 14.6 Å². The summed E-state index contributed by atoms with van der Waals surface area (Å²) in [5.74, 6) is 0.215. The molecule has 0 amide bonds. The van der Waals surface area contributed by atoms with Crippen molar-refractivity contribution in [1.82, 2.24) is 5.32 Å². The standard InChI is InChI=1S/C24H31NO3S2.C4H8/c1-4-12-22(29)24(27,20(3)30-19-5-2)23(26)28-18-11-17-25-16-10-9-15-21-13-7-6-8-14-21;1-4-2-3-4/h4-8,11-14,18-19,25,27,29H,1,3,9-10,15-17H2,2H3;4H,2-3H2,1H3/b18-11+,19-5-,22-12-;. The van der Waals surface area contributed by atoms with Gasteiger partial charge in [-0.25, -0.2) is 4.79 Å². The first-order valence-corrected chi connectivity index (χ1v) is 13.0. The van der Waals surface area contributed by atoms with Gasteiger partial charge in [-0.05, 0) is 61.8 Å². The molecule has 1 saturated carbocycles. The Hall–Kier alpha value is -1.99. The second-order valence-electron chi connectivity index (χ2n) is 8.11. The number of carbonyl (C=O) groups is 1. The number of allylic oxidation sites excluding steroid dienone is 3. The second-order valence-corrected chi connectivity index (χ2v) is 9.60. The maximum Gasteiger partial charge on any atom is 0.353 e. The van der Waals surface area contributed by atoms with Gasteiger partial charge in [-0.15, -0.1) is 12.6 Å². The van der Waals surface area contributed by atoms with Gasteiger partial charge in [0.2, 0.25) is 5.60 Å². The molecule has 0 spiro atoms. The van der Waals surface area contributed by atoms with Crippen molar-refractivity contribution in [2.75, 3.05) is 13.1 Å². The Balaban J connectivity index is 0.00000130. The van der Waals surface area contributed by atoms with Gasteiger partial charge in [0.1, 0.15) is 0 Å².